The Labute approximate surface area is 135 Å². The Balaban J connectivity index is 1.99. The molecule has 0 spiro atoms. The van der Waals surface area contributed by atoms with Crippen LogP contribution in [0.2, 0.25) is 0 Å². The largest absolute Gasteiger partial charge is 0.478 e. The minimum absolute atomic E-state index is 0.0317. The van der Waals surface area contributed by atoms with Crippen LogP contribution in [0.4, 0.5) is 10.1 Å². The Morgan fingerprint density at radius 1 is 1.33 bits per heavy atom. The molecule has 0 aromatic heterocycles. The van der Waals surface area contributed by atoms with Crippen LogP contribution >= 0.6 is 0 Å². The van der Waals surface area contributed by atoms with Gasteiger partial charge in [0.2, 0.25) is 5.91 Å². The SMILES string of the molecule is NC1=NN=C(CNC(=O)C=CC(=O)O)C1=NNc1cccc(F)c1. The second-order valence-corrected chi connectivity index (χ2v) is 4.50. The van der Waals surface area contributed by atoms with Gasteiger partial charge >= 0.3 is 5.97 Å². The summed E-state index contributed by atoms with van der Waals surface area (Å²) in [4.78, 5) is 21.8. The number of nitrogens with two attached hydrogens (primary N) is 1. The van der Waals surface area contributed by atoms with Crippen molar-refractivity contribution in [2.75, 3.05) is 12.0 Å². The maximum atomic E-state index is 13.1. The third kappa shape index (κ3) is 4.73. The van der Waals surface area contributed by atoms with Gasteiger partial charge < -0.3 is 16.2 Å². The van der Waals surface area contributed by atoms with Gasteiger partial charge in [-0.25, -0.2) is 9.18 Å². The predicted molar refractivity (Wildman–Crippen MR) is 86.3 cm³/mol. The molecule has 0 unspecified atom stereocenters. The number of hydrogen-bond acceptors (Lipinski definition) is 7. The van der Waals surface area contributed by atoms with Crippen molar-refractivity contribution in [3.8, 4) is 0 Å². The minimum Gasteiger partial charge on any atom is -0.478 e. The number of anilines is 1. The molecule has 0 saturated carbocycles. The third-order valence-corrected chi connectivity index (χ3v) is 2.72. The normalized spacial score (nSPS) is 15.3. The first-order chi connectivity index (χ1) is 11.5. The van der Waals surface area contributed by atoms with Crippen molar-refractivity contribution in [2.45, 2.75) is 0 Å². The first kappa shape index (κ1) is 16.8. The summed E-state index contributed by atoms with van der Waals surface area (Å²) < 4.78 is 13.1. The molecule has 0 saturated heterocycles. The zero-order valence-corrected chi connectivity index (χ0v) is 12.2. The number of nitrogens with one attached hydrogen (secondary N) is 2. The number of hydrogen-bond donors (Lipinski definition) is 4. The highest BCUT2D eigenvalue weighted by molar-refractivity contribution is 6.70. The molecule has 2 rings (SSSR count). The maximum absolute atomic E-state index is 13.1. The van der Waals surface area contributed by atoms with E-state index in [2.05, 4.69) is 26.0 Å². The number of hydrazone groups is 1. The van der Waals surface area contributed by atoms with Crippen LogP contribution in [0.5, 0.6) is 0 Å². The first-order valence-electron chi connectivity index (χ1n) is 6.64. The van der Waals surface area contributed by atoms with Crippen LogP contribution < -0.4 is 16.5 Å². The van der Waals surface area contributed by atoms with E-state index in [1.165, 1.54) is 18.2 Å². The van der Waals surface area contributed by atoms with Gasteiger partial charge in [-0.05, 0) is 18.2 Å². The Kier molecular flexibility index (Phi) is 5.34. The summed E-state index contributed by atoms with van der Waals surface area (Å²) in [5.74, 6) is -2.26. The van der Waals surface area contributed by atoms with Crippen LogP contribution in [0.15, 0.2) is 51.7 Å². The minimum atomic E-state index is -1.24. The fraction of sp³-hybridized carbons (Fsp3) is 0.0714. The quantitative estimate of drug-likeness (QED) is 0.431. The molecule has 1 aliphatic heterocycles. The molecule has 9 nitrogen and oxygen atoms in total. The molecule has 5 N–H and O–H groups in total. The van der Waals surface area contributed by atoms with E-state index in [0.717, 1.165) is 6.08 Å². The van der Waals surface area contributed by atoms with Gasteiger partial charge in [0, 0.05) is 12.2 Å². The average molecular weight is 332 g/mol. The number of nitrogens with zero attached hydrogens (tertiary/aromatic N) is 3. The number of amidine groups is 1. The number of halogens is 1. The van der Waals surface area contributed by atoms with Gasteiger partial charge in [-0.2, -0.15) is 5.10 Å². The van der Waals surface area contributed by atoms with E-state index in [1.807, 2.05) is 0 Å². The summed E-state index contributed by atoms with van der Waals surface area (Å²) in [5, 5.41) is 22.3. The Morgan fingerprint density at radius 2 is 2.12 bits per heavy atom. The zero-order valence-electron chi connectivity index (χ0n) is 12.2. The molecule has 1 amide bonds. The van der Waals surface area contributed by atoms with Crippen LogP contribution in [0.1, 0.15) is 0 Å². The van der Waals surface area contributed by atoms with E-state index >= 15 is 0 Å². The molecule has 1 aliphatic rings. The number of aliphatic carboxylic acids is 1. The lowest BCUT2D eigenvalue weighted by Crippen LogP contribution is -2.36. The van der Waals surface area contributed by atoms with Crippen LogP contribution in [-0.2, 0) is 9.59 Å². The van der Waals surface area contributed by atoms with Crippen molar-refractivity contribution in [3.63, 3.8) is 0 Å². The summed E-state index contributed by atoms with van der Waals surface area (Å²) in [7, 11) is 0. The number of benzene rings is 1. The van der Waals surface area contributed by atoms with Gasteiger partial charge in [0.05, 0.1) is 12.2 Å². The van der Waals surface area contributed by atoms with Crippen molar-refractivity contribution >= 4 is 34.8 Å². The summed E-state index contributed by atoms with van der Waals surface area (Å²) in [6.07, 6.45) is 1.57. The fourth-order valence-electron chi connectivity index (χ4n) is 1.65. The Hall–Kier alpha value is -3.56. The fourth-order valence-corrected chi connectivity index (χ4v) is 1.65. The smallest absolute Gasteiger partial charge is 0.328 e. The van der Waals surface area contributed by atoms with Crippen molar-refractivity contribution in [1.82, 2.24) is 5.32 Å². The highest BCUT2D eigenvalue weighted by Crippen LogP contribution is 2.09. The summed E-state index contributed by atoms with van der Waals surface area (Å²) in [5.41, 5.74) is 9.14. The number of amides is 1. The van der Waals surface area contributed by atoms with Gasteiger partial charge in [-0.3, -0.25) is 10.2 Å². The van der Waals surface area contributed by atoms with Gasteiger partial charge in [0.15, 0.2) is 11.5 Å². The summed E-state index contributed by atoms with van der Waals surface area (Å²) in [6, 6.07) is 5.64. The molecule has 1 heterocycles. The monoisotopic (exact) mass is 332 g/mol. The molecule has 0 bridgehead atoms. The van der Waals surface area contributed by atoms with Gasteiger partial charge in [-0.1, -0.05) is 6.07 Å². The van der Waals surface area contributed by atoms with E-state index in [4.69, 9.17) is 10.8 Å². The van der Waals surface area contributed by atoms with Crippen LogP contribution in [0, 0.1) is 5.82 Å². The van der Waals surface area contributed by atoms with Crippen molar-refractivity contribution in [1.29, 1.82) is 0 Å². The lowest BCUT2D eigenvalue weighted by molar-refractivity contribution is -0.131. The number of carbonyl (C=O) groups is 2. The first-order valence-corrected chi connectivity index (χ1v) is 6.64. The second kappa shape index (κ2) is 7.63. The summed E-state index contributed by atoms with van der Waals surface area (Å²) in [6.45, 7) is -0.0589. The Bertz CT molecular complexity index is 784. The molecule has 10 heteroatoms. The molecule has 1 aromatic carbocycles. The molecule has 0 fully saturated rings. The highest BCUT2D eigenvalue weighted by Gasteiger charge is 2.20. The number of carboxylic acid groups (broad SMARTS) is 1. The standard InChI is InChI=1S/C14H13FN6O3/c15-8-2-1-3-9(6-8)18-20-13-10(19-21-14(13)16)7-17-11(22)4-5-12(23)24/h1-6,18H,7H2,(H,17,22)(H,23,24)(H2,16,20,21). The van der Waals surface area contributed by atoms with Crippen molar-refractivity contribution < 1.29 is 19.1 Å². The molecule has 24 heavy (non-hydrogen) atoms. The lowest BCUT2D eigenvalue weighted by atomic mass is 10.2. The number of rotatable bonds is 6. The maximum Gasteiger partial charge on any atom is 0.328 e. The topological polar surface area (TPSA) is 142 Å². The number of carbonyl (C=O) groups excluding carboxylic acids is 1. The third-order valence-electron chi connectivity index (χ3n) is 2.72. The average Bonchev–Trinajstić information content (AvgIpc) is 2.89. The molecular formula is C14H13FN6O3. The molecular weight excluding hydrogens is 319 g/mol. The van der Waals surface area contributed by atoms with Crippen LogP contribution in [0.25, 0.3) is 0 Å². The molecule has 0 atom stereocenters. The lowest BCUT2D eigenvalue weighted by Gasteiger charge is -2.05. The van der Waals surface area contributed by atoms with E-state index in [9.17, 15) is 14.0 Å². The van der Waals surface area contributed by atoms with Gasteiger partial charge in [0.1, 0.15) is 11.5 Å². The van der Waals surface area contributed by atoms with Crippen LogP contribution in [-0.4, -0.2) is 40.8 Å². The second-order valence-electron chi connectivity index (χ2n) is 4.50. The van der Waals surface area contributed by atoms with E-state index in [-0.39, 0.29) is 23.8 Å². The van der Waals surface area contributed by atoms with Crippen LogP contribution in [0.3, 0.4) is 0 Å². The summed E-state index contributed by atoms with van der Waals surface area (Å²) >= 11 is 0. The molecule has 0 aliphatic carbocycles. The van der Waals surface area contributed by atoms with E-state index in [0.29, 0.717) is 11.8 Å². The van der Waals surface area contributed by atoms with E-state index in [1.54, 1.807) is 6.07 Å². The number of carboxylic acids is 1. The zero-order chi connectivity index (χ0) is 17.5. The molecule has 1 aromatic rings. The van der Waals surface area contributed by atoms with E-state index < -0.39 is 17.7 Å². The van der Waals surface area contributed by atoms with Crippen molar-refractivity contribution in [2.24, 2.45) is 21.0 Å². The van der Waals surface area contributed by atoms with Crippen molar-refractivity contribution in [3.05, 3.63) is 42.2 Å². The highest BCUT2D eigenvalue weighted by atomic mass is 19.1. The molecule has 124 valence electrons. The Morgan fingerprint density at radius 3 is 2.83 bits per heavy atom. The molecule has 0 radical (unpaired) electrons. The van der Waals surface area contributed by atoms with Gasteiger partial charge in [0.25, 0.3) is 0 Å². The predicted octanol–water partition coefficient (Wildman–Crippen LogP) is 0.0774. The van der Waals surface area contributed by atoms with Gasteiger partial charge in [-0.15, -0.1) is 10.2 Å².